The van der Waals surface area contributed by atoms with Crippen LogP contribution in [0, 0.1) is 0 Å². The number of aromatic nitrogens is 1. The van der Waals surface area contributed by atoms with E-state index in [2.05, 4.69) is 22.2 Å². The van der Waals surface area contributed by atoms with Gasteiger partial charge in [0.1, 0.15) is 17.5 Å². The highest BCUT2D eigenvalue weighted by Crippen LogP contribution is 2.37. The van der Waals surface area contributed by atoms with Crippen molar-refractivity contribution in [2.24, 2.45) is 0 Å². The molecule has 4 aliphatic rings. The van der Waals surface area contributed by atoms with E-state index in [0.29, 0.717) is 72.8 Å². The van der Waals surface area contributed by atoms with Crippen LogP contribution < -0.4 is 9.80 Å². The molecule has 0 aliphatic carbocycles. The molecule has 0 saturated carbocycles. The van der Waals surface area contributed by atoms with Gasteiger partial charge in [0.05, 0.1) is 28.3 Å². The van der Waals surface area contributed by atoms with Gasteiger partial charge >= 0.3 is 6.09 Å². The summed E-state index contributed by atoms with van der Waals surface area (Å²) >= 11 is 1.22. The van der Waals surface area contributed by atoms with Crippen molar-refractivity contribution in [3.63, 3.8) is 0 Å². The van der Waals surface area contributed by atoms with Crippen molar-refractivity contribution in [2.75, 3.05) is 42.7 Å². The first kappa shape index (κ1) is 41.0. The van der Waals surface area contributed by atoms with Gasteiger partial charge in [-0.05, 0) is 61.6 Å². The molecule has 6 heterocycles. The molecule has 1 amide bonds. The van der Waals surface area contributed by atoms with E-state index in [4.69, 9.17) is 14.0 Å². The highest BCUT2D eigenvalue weighted by Gasteiger charge is 2.38. The lowest BCUT2D eigenvalue weighted by atomic mass is 10.0. The smallest absolute Gasteiger partial charge is 0.414 e. The van der Waals surface area contributed by atoms with Crippen LogP contribution in [-0.4, -0.2) is 81.7 Å². The zero-order valence-corrected chi connectivity index (χ0v) is 35.7. The minimum atomic E-state index is -3.67. The summed E-state index contributed by atoms with van der Waals surface area (Å²) in [5.41, 5.74) is 5.79. The van der Waals surface area contributed by atoms with Crippen LogP contribution in [0.25, 0.3) is 21.8 Å². The van der Waals surface area contributed by atoms with Crippen LogP contribution in [0.15, 0.2) is 141 Å². The maximum atomic E-state index is 13.5. The SMILES string of the molecule is O=C1OCc2ccccc2N1C1CCN(S(=O)(=O)c2ccccc2-c2ccccc2)CC1.O=S(=O)(c1ccc(-c2ccno2)s1)N1CCC(N2COCc3ccccc32)CC1. The molecule has 0 atom stereocenters. The summed E-state index contributed by atoms with van der Waals surface area (Å²) in [6.07, 6.45) is 3.84. The molecule has 316 valence electrons. The number of rotatable bonds is 8. The maximum Gasteiger partial charge on any atom is 0.414 e. The third-order valence-electron chi connectivity index (χ3n) is 11.7. The summed E-state index contributed by atoms with van der Waals surface area (Å²) in [6, 6.07) is 38.0. The van der Waals surface area contributed by atoms with Crippen molar-refractivity contribution in [3.05, 3.63) is 139 Å². The number of cyclic esters (lactones) is 1. The van der Waals surface area contributed by atoms with E-state index in [1.54, 1.807) is 45.7 Å². The predicted molar refractivity (Wildman–Crippen MR) is 233 cm³/mol. The number of thiophene rings is 1. The number of piperidine rings is 2. The lowest BCUT2D eigenvalue weighted by molar-refractivity contribution is 0.0988. The van der Waals surface area contributed by atoms with Gasteiger partial charge in [0.15, 0.2) is 5.76 Å². The molecule has 16 heteroatoms. The Labute approximate surface area is 359 Å². The van der Waals surface area contributed by atoms with Crippen LogP contribution in [0.1, 0.15) is 36.8 Å². The second kappa shape index (κ2) is 17.6. The Kier molecular flexibility index (Phi) is 11.8. The largest absolute Gasteiger partial charge is 0.444 e. The lowest BCUT2D eigenvalue weighted by Gasteiger charge is -2.41. The second-order valence-corrected chi connectivity index (χ2v) is 20.4. The molecular formula is C45H45N5O8S3. The van der Waals surface area contributed by atoms with Gasteiger partial charge in [-0.25, -0.2) is 21.6 Å². The standard InChI is InChI=1S/C25H24N2O4S.C20H21N3O4S2/c28-25-27(23-12-6-4-10-20(23)18-31-25)21-14-16-26(17-15-21)32(29,30)24-13-7-5-11-22(24)19-8-2-1-3-9-19;24-29(25,20-6-5-19(28-20)18-7-10-21-27-18)22-11-8-16(9-12-22)23-14-26-13-15-3-1-2-4-17(15)23/h1-13,21H,14-18H2;1-7,10,16H,8-9,11-14H2. The number of amides is 1. The Bertz CT molecular complexity index is 2690. The van der Waals surface area contributed by atoms with E-state index < -0.39 is 20.0 Å². The third-order valence-corrected chi connectivity index (χ3v) is 17.1. The van der Waals surface area contributed by atoms with Crippen LogP contribution in [0.2, 0.25) is 0 Å². The number of ether oxygens (including phenoxy) is 2. The highest BCUT2D eigenvalue weighted by molar-refractivity contribution is 7.91. The Hall–Kier alpha value is -5.36. The third kappa shape index (κ3) is 8.35. The average molecular weight is 880 g/mol. The van der Waals surface area contributed by atoms with Crippen LogP contribution in [-0.2, 0) is 42.7 Å². The fourth-order valence-corrected chi connectivity index (χ4v) is 13.1. The number of hydrogen-bond donors (Lipinski definition) is 0. The zero-order valence-electron chi connectivity index (χ0n) is 33.3. The van der Waals surface area contributed by atoms with Crippen LogP contribution in [0.5, 0.6) is 0 Å². The van der Waals surface area contributed by atoms with E-state index >= 15 is 0 Å². The van der Waals surface area contributed by atoms with Crippen molar-refractivity contribution in [3.8, 4) is 21.8 Å². The lowest BCUT2D eigenvalue weighted by Crippen LogP contribution is -2.50. The minimum absolute atomic E-state index is 0.0974. The van der Waals surface area contributed by atoms with Crippen molar-refractivity contribution in [2.45, 2.75) is 60.1 Å². The van der Waals surface area contributed by atoms with Crippen LogP contribution in [0.3, 0.4) is 0 Å². The monoisotopic (exact) mass is 879 g/mol. The number of sulfonamides is 2. The number of benzene rings is 4. The van der Waals surface area contributed by atoms with E-state index in [9.17, 15) is 21.6 Å². The van der Waals surface area contributed by atoms with E-state index in [0.717, 1.165) is 34.5 Å². The van der Waals surface area contributed by atoms with Crippen LogP contribution >= 0.6 is 11.3 Å². The molecule has 2 fully saturated rings. The first-order chi connectivity index (χ1) is 29.7. The van der Waals surface area contributed by atoms with Gasteiger partial charge in [0, 0.05) is 66.7 Å². The molecule has 13 nitrogen and oxygen atoms in total. The quantitative estimate of drug-likeness (QED) is 0.147. The maximum absolute atomic E-state index is 13.5. The zero-order chi connectivity index (χ0) is 42.0. The topological polar surface area (TPSA) is 143 Å². The van der Waals surface area contributed by atoms with Crippen molar-refractivity contribution >= 4 is 48.9 Å². The van der Waals surface area contributed by atoms with Gasteiger partial charge in [-0.3, -0.25) is 4.90 Å². The summed E-state index contributed by atoms with van der Waals surface area (Å²) in [6.45, 7) is 3.16. The highest BCUT2D eigenvalue weighted by atomic mass is 32.2. The molecule has 0 bridgehead atoms. The average Bonchev–Trinajstić information content (AvgIpc) is 4.04. The van der Waals surface area contributed by atoms with Gasteiger partial charge in [-0.2, -0.15) is 8.61 Å². The first-order valence-corrected chi connectivity index (χ1v) is 24.0. The molecule has 0 radical (unpaired) electrons. The Morgan fingerprint density at radius 1 is 0.623 bits per heavy atom. The van der Waals surface area contributed by atoms with E-state index in [1.165, 1.54) is 26.9 Å². The number of para-hydroxylation sites is 2. The fraction of sp³-hybridized carbons (Fsp3) is 0.289. The van der Waals surface area contributed by atoms with Gasteiger partial charge in [0.25, 0.3) is 10.0 Å². The number of anilines is 2. The minimum Gasteiger partial charge on any atom is -0.444 e. The molecular weight excluding hydrogens is 835 g/mol. The summed E-state index contributed by atoms with van der Waals surface area (Å²) in [4.78, 5) is 17.6. The van der Waals surface area contributed by atoms with E-state index in [-0.39, 0.29) is 24.8 Å². The predicted octanol–water partition coefficient (Wildman–Crippen LogP) is 8.21. The molecule has 0 N–H and O–H groups in total. The summed E-state index contributed by atoms with van der Waals surface area (Å²) < 4.78 is 73.0. The number of hydrogen-bond acceptors (Lipinski definition) is 11. The Morgan fingerprint density at radius 3 is 1.97 bits per heavy atom. The van der Waals surface area contributed by atoms with Gasteiger partial charge < -0.3 is 18.9 Å². The molecule has 61 heavy (non-hydrogen) atoms. The number of carbonyl (C=O) groups excluding carboxylic acids is 1. The molecule has 4 aromatic carbocycles. The summed E-state index contributed by atoms with van der Waals surface area (Å²) in [5.74, 6) is 0.582. The summed E-state index contributed by atoms with van der Waals surface area (Å²) in [7, 11) is -7.18. The van der Waals surface area contributed by atoms with Gasteiger partial charge in [0.2, 0.25) is 10.0 Å². The molecule has 2 saturated heterocycles. The Balaban J connectivity index is 0.000000157. The fourth-order valence-electron chi connectivity index (χ4n) is 8.54. The first-order valence-electron chi connectivity index (χ1n) is 20.3. The second-order valence-electron chi connectivity index (χ2n) is 15.3. The number of nitrogens with zero attached hydrogens (tertiary/aromatic N) is 5. The molecule has 6 aromatic rings. The van der Waals surface area contributed by atoms with Crippen molar-refractivity contribution < 1.29 is 35.6 Å². The van der Waals surface area contributed by atoms with Gasteiger partial charge in [-0.15, -0.1) is 11.3 Å². The number of fused-ring (bicyclic) bond motifs is 2. The number of carbonyl (C=O) groups is 1. The van der Waals surface area contributed by atoms with Crippen molar-refractivity contribution in [1.29, 1.82) is 0 Å². The van der Waals surface area contributed by atoms with Gasteiger partial charge in [-0.1, -0.05) is 90.1 Å². The summed E-state index contributed by atoms with van der Waals surface area (Å²) in [5, 5.41) is 3.69. The van der Waals surface area contributed by atoms with Crippen molar-refractivity contribution in [1.82, 2.24) is 13.8 Å². The molecule has 10 rings (SSSR count). The molecule has 0 unspecified atom stereocenters. The normalized spacial score (nSPS) is 18.1. The molecule has 2 aromatic heterocycles. The van der Waals surface area contributed by atoms with Crippen LogP contribution in [0.4, 0.5) is 16.2 Å². The molecule has 4 aliphatic heterocycles. The molecule has 0 spiro atoms. The Morgan fingerprint density at radius 2 is 1.25 bits per heavy atom. The van der Waals surface area contributed by atoms with E-state index in [1.807, 2.05) is 78.9 Å².